The molecule has 1 amide bonds. The average molecular weight is 446 g/mol. The summed E-state index contributed by atoms with van der Waals surface area (Å²) in [7, 11) is 0. The zero-order chi connectivity index (χ0) is 22.4. The van der Waals surface area contributed by atoms with Crippen LogP contribution in [0.25, 0.3) is 0 Å². The zero-order valence-corrected chi connectivity index (χ0v) is 18.3. The molecule has 0 unspecified atom stereocenters. The molecule has 31 heavy (non-hydrogen) atoms. The second kappa shape index (κ2) is 7.61. The first-order valence-electron chi connectivity index (χ1n) is 10.2. The van der Waals surface area contributed by atoms with Crippen LogP contribution in [-0.4, -0.2) is 28.9 Å². The van der Waals surface area contributed by atoms with Gasteiger partial charge in [0.05, 0.1) is 10.6 Å². The van der Waals surface area contributed by atoms with Crippen LogP contribution in [-0.2, 0) is 10.4 Å². The largest absolute Gasteiger partial charge is 0.484 e. The third-order valence-electron chi connectivity index (χ3n) is 6.25. The Bertz CT molecular complexity index is 1010. The van der Waals surface area contributed by atoms with Gasteiger partial charge in [0.2, 0.25) is 0 Å². The Morgan fingerprint density at radius 2 is 1.81 bits per heavy atom. The number of benzene rings is 2. The highest BCUT2D eigenvalue weighted by molar-refractivity contribution is 6.30. The van der Waals surface area contributed by atoms with Crippen molar-refractivity contribution in [3.63, 3.8) is 0 Å². The van der Waals surface area contributed by atoms with E-state index in [2.05, 4.69) is 5.32 Å². The van der Waals surface area contributed by atoms with Gasteiger partial charge in [-0.15, -0.1) is 0 Å². The second-order valence-corrected chi connectivity index (χ2v) is 9.87. The van der Waals surface area contributed by atoms with Crippen molar-refractivity contribution in [3.8, 4) is 5.75 Å². The number of halogens is 2. The molecular formula is C24H25ClFNO4. The van der Waals surface area contributed by atoms with Gasteiger partial charge in [-0.05, 0) is 56.2 Å². The molecule has 0 spiro atoms. The summed E-state index contributed by atoms with van der Waals surface area (Å²) >= 11 is 5.63. The van der Waals surface area contributed by atoms with Crippen LogP contribution in [0, 0.1) is 11.2 Å². The number of aliphatic hydroxyl groups is 1. The molecule has 2 aromatic rings. The molecule has 3 aliphatic carbocycles. The first kappa shape index (κ1) is 21.8. The van der Waals surface area contributed by atoms with Crippen LogP contribution in [0.4, 0.5) is 4.39 Å². The number of carbonyl (C=O) groups excluding carboxylic acids is 2. The quantitative estimate of drug-likeness (QED) is 0.590. The van der Waals surface area contributed by atoms with Crippen molar-refractivity contribution in [3.05, 3.63) is 64.4 Å². The number of hydrogen-bond donors (Lipinski definition) is 2. The summed E-state index contributed by atoms with van der Waals surface area (Å²) in [4.78, 5) is 24.9. The summed E-state index contributed by atoms with van der Waals surface area (Å²) in [6.45, 7) is 3.21. The second-order valence-electron chi connectivity index (χ2n) is 9.46. The van der Waals surface area contributed by atoms with Crippen molar-refractivity contribution in [1.29, 1.82) is 0 Å². The van der Waals surface area contributed by atoms with Crippen molar-refractivity contribution in [2.24, 2.45) is 5.41 Å². The molecule has 3 saturated carbocycles. The summed E-state index contributed by atoms with van der Waals surface area (Å²) in [6.07, 6.45) is 2.77. The minimum Gasteiger partial charge on any atom is -0.484 e. The minimum absolute atomic E-state index is 0.00121. The van der Waals surface area contributed by atoms with E-state index in [1.54, 1.807) is 38.1 Å². The highest BCUT2D eigenvalue weighted by Gasteiger charge is 2.68. The molecular weight excluding hydrogens is 421 g/mol. The van der Waals surface area contributed by atoms with Gasteiger partial charge in [-0.1, -0.05) is 35.9 Å². The molecule has 5 rings (SSSR count). The van der Waals surface area contributed by atoms with E-state index >= 15 is 0 Å². The Labute approximate surface area is 185 Å². The van der Waals surface area contributed by atoms with Gasteiger partial charge < -0.3 is 15.2 Å². The third kappa shape index (κ3) is 4.46. The summed E-state index contributed by atoms with van der Waals surface area (Å²) in [5.74, 6) is -0.542. The lowest BCUT2D eigenvalue weighted by Crippen LogP contribution is -2.75. The molecule has 5 nitrogen and oxygen atoms in total. The standard InChI is InChI=1S/C24H25ClFNO4/c1-22(2,30)16-5-3-15(4-6-16)20(28)10-23-12-24(13-23,14-23)27-21(29)11-31-17-7-8-18(25)19(26)9-17/h3-9,30H,10-14H2,1-2H3,(H,27,29). The maximum atomic E-state index is 13.4. The van der Waals surface area contributed by atoms with Gasteiger partial charge >= 0.3 is 0 Å². The van der Waals surface area contributed by atoms with Crippen LogP contribution >= 0.6 is 11.6 Å². The predicted octanol–water partition coefficient (Wildman–Crippen LogP) is 4.40. The number of ketones is 1. The van der Waals surface area contributed by atoms with E-state index in [4.69, 9.17) is 16.3 Å². The van der Waals surface area contributed by atoms with Gasteiger partial charge in [-0.25, -0.2) is 4.39 Å². The molecule has 3 aliphatic rings. The lowest BCUT2D eigenvalue weighted by Gasteiger charge is -2.70. The van der Waals surface area contributed by atoms with Crippen LogP contribution in [0.2, 0.25) is 5.02 Å². The molecule has 2 N–H and O–H groups in total. The molecule has 0 heterocycles. The van der Waals surface area contributed by atoms with Crippen LogP contribution in [0.1, 0.15) is 55.5 Å². The molecule has 3 fully saturated rings. The monoisotopic (exact) mass is 445 g/mol. The number of hydrogen-bond acceptors (Lipinski definition) is 4. The molecule has 0 aliphatic heterocycles. The number of Topliss-reactive ketones (excluding diaryl/α,β-unsaturated/α-hetero) is 1. The highest BCUT2D eigenvalue weighted by Crippen LogP contribution is 2.69. The molecule has 0 atom stereocenters. The van der Waals surface area contributed by atoms with Crippen LogP contribution in [0.3, 0.4) is 0 Å². The maximum absolute atomic E-state index is 13.4. The van der Waals surface area contributed by atoms with Gasteiger partial charge in [-0.3, -0.25) is 9.59 Å². The minimum atomic E-state index is -0.939. The fraction of sp³-hybridized carbons (Fsp3) is 0.417. The highest BCUT2D eigenvalue weighted by atomic mass is 35.5. The molecule has 0 radical (unpaired) electrons. The lowest BCUT2D eigenvalue weighted by atomic mass is 9.38. The van der Waals surface area contributed by atoms with E-state index in [1.807, 2.05) is 0 Å². The Kier molecular flexibility index (Phi) is 5.34. The number of amides is 1. The molecule has 164 valence electrons. The van der Waals surface area contributed by atoms with Gasteiger partial charge in [0, 0.05) is 23.6 Å². The van der Waals surface area contributed by atoms with E-state index in [0.29, 0.717) is 12.0 Å². The number of carbonyl (C=O) groups is 2. The van der Waals surface area contributed by atoms with Crippen molar-refractivity contribution in [1.82, 2.24) is 5.32 Å². The lowest BCUT2D eigenvalue weighted by molar-refractivity contribution is -0.164. The maximum Gasteiger partial charge on any atom is 0.258 e. The van der Waals surface area contributed by atoms with E-state index < -0.39 is 11.4 Å². The summed E-state index contributed by atoms with van der Waals surface area (Å²) in [5, 5.41) is 13.0. The van der Waals surface area contributed by atoms with Crippen molar-refractivity contribution in [2.45, 2.75) is 50.7 Å². The number of nitrogens with one attached hydrogen (secondary N) is 1. The first-order valence-corrected chi connectivity index (χ1v) is 10.6. The van der Waals surface area contributed by atoms with Crippen molar-refractivity contribution < 1.29 is 23.8 Å². The molecule has 0 aromatic heterocycles. The normalized spacial score (nSPS) is 24.0. The van der Waals surface area contributed by atoms with E-state index in [1.165, 1.54) is 12.1 Å². The zero-order valence-electron chi connectivity index (χ0n) is 17.5. The van der Waals surface area contributed by atoms with Gasteiger partial charge in [0.1, 0.15) is 11.6 Å². The van der Waals surface area contributed by atoms with Crippen LogP contribution in [0.5, 0.6) is 5.75 Å². The van der Waals surface area contributed by atoms with E-state index in [-0.39, 0.29) is 40.0 Å². The average Bonchev–Trinajstić information content (AvgIpc) is 2.65. The van der Waals surface area contributed by atoms with Crippen LogP contribution < -0.4 is 10.1 Å². The molecule has 7 heteroatoms. The van der Waals surface area contributed by atoms with E-state index in [9.17, 15) is 19.1 Å². The first-order chi connectivity index (χ1) is 14.5. The number of ether oxygens (including phenoxy) is 1. The smallest absolute Gasteiger partial charge is 0.258 e. The SMILES string of the molecule is CC(C)(O)c1ccc(C(=O)CC23CC(NC(=O)COc4ccc(Cl)c(F)c4)(C2)C3)cc1. The molecule has 2 bridgehead atoms. The fourth-order valence-corrected chi connectivity index (χ4v) is 4.99. The van der Waals surface area contributed by atoms with Gasteiger partial charge in [0.15, 0.2) is 12.4 Å². The van der Waals surface area contributed by atoms with Gasteiger partial charge in [-0.2, -0.15) is 0 Å². The summed E-state index contributed by atoms with van der Waals surface area (Å²) in [5.41, 5.74) is 0.168. The summed E-state index contributed by atoms with van der Waals surface area (Å²) < 4.78 is 18.8. The van der Waals surface area contributed by atoms with Crippen molar-refractivity contribution >= 4 is 23.3 Å². The molecule has 2 aromatic carbocycles. The fourth-order valence-electron chi connectivity index (χ4n) is 4.87. The van der Waals surface area contributed by atoms with Crippen molar-refractivity contribution in [2.75, 3.05) is 6.61 Å². The van der Waals surface area contributed by atoms with Crippen LogP contribution in [0.15, 0.2) is 42.5 Å². The third-order valence-corrected chi connectivity index (χ3v) is 6.56. The summed E-state index contributed by atoms with van der Waals surface area (Å²) in [6, 6.07) is 11.1. The number of rotatable bonds is 8. The Balaban J connectivity index is 1.24. The molecule has 0 saturated heterocycles. The Hall–Kier alpha value is -2.44. The Morgan fingerprint density at radius 1 is 1.16 bits per heavy atom. The topological polar surface area (TPSA) is 75.6 Å². The van der Waals surface area contributed by atoms with E-state index in [0.717, 1.165) is 30.9 Å². The van der Waals surface area contributed by atoms with Gasteiger partial charge in [0.25, 0.3) is 5.91 Å². The predicted molar refractivity (Wildman–Crippen MR) is 115 cm³/mol. The Morgan fingerprint density at radius 3 is 2.39 bits per heavy atom.